The molecule has 6 heteroatoms. The fourth-order valence-corrected chi connectivity index (χ4v) is 4.16. The number of halogens is 1. The second-order valence-electron chi connectivity index (χ2n) is 6.34. The van der Waals surface area contributed by atoms with E-state index < -0.39 is 0 Å². The Balaban J connectivity index is 1.71. The number of hydrogen-bond donors (Lipinski definition) is 0. The van der Waals surface area contributed by atoms with Crippen LogP contribution in [0.2, 0.25) is 0 Å². The summed E-state index contributed by atoms with van der Waals surface area (Å²) < 4.78 is 21.3. The Hall–Kier alpha value is -2.18. The van der Waals surface area contributed by atoms with Crippen LogP contribution in [0.5, 0.6) is 0 Å². The van der Waals surface area contributed by atoms with Gasteiger partial charge in [0.15, 0.2) is 5.16 Å². The molecule has 4 rings (SSSR count). The number of hydrogen-bond acceptors (Lipinski definition) is 4. The number of benzene rings is 2. The lowest BCUT2D eigenvalue weighted by Crippen LogP contribution is -2.28. The molecule has 0 amide bonds. The lowest BCUT2D eigenvalue weighted by Gasteiger charge is -2.16. The summed E-state index contributed by atoms with van der Waals surface area (Å²) in [6.07, 6.45) is 1.98. The molecule has 26 heavy (non-hydrogen) atoms. The smallest absolute Gasteiger partial charge is 0.262 e. The topological polar surface area (TPSA) is 44.1 Å². The molecular formula is C20H19FN2O2S. The third-order valence-corrected chi connectivity index (χ3v) is 5.58. The molecule has 0 unspecified atom stereocenters. The first kappa shape index (κ1) is 17.2. The molecule has 1 fully saturated rings. The monoisotopic (exact) mass is 370 g/mol. The van der Waals surface area contributed by atoms with Crippen LogP contribution in [0.15, 0.2) is 58.5 Å². The van der Waals surface area contributed by atoms with Crippen molar-refractivity contribution in [2.45, 2.75) is 36.4 Å². The maximum absolute atomic E-state index is 13.9. The summed E-state index contributed by atoms with van der Waals surface area (Å²) in [6.45, 7) is 1.22. The second-order valence-corrected chi connectivity index (χ2v) is 7.28. The summed E-state index contributed by atoms with van der Waals surface area (Å²) in [5, 5.41) is 1.20. The average Bonchev–Trinajstić information content (AvgIpc) is 3.17. The summed E-state index contributed by atoms with van der Waals surface area (Å²) in [7, 11) is 0. The van der Waals surface area contributed by atoms with E-state index in [4.69, 9.17) is 4.74 Å². The molecule has 0 saturated carbocycles. The van der Waals surface area contributed by atoms with Crippen molar-refractivity contribution in [3.63, 3.8) is 0 Å². The van der Waals surface area contributed by atoms with Crippen molar-refractivity contribution in [2.24, 2.45) is 0 Å². The van der Waals surface area contributed by atoms with Crippen LogP contribution in [0.1, 0.15) is 18.4 Å². The lowest BCUT2D eigenvalue weighted by atomic mass is 10.2. The maximum atomic E-state index is 13.9. The Morgan fingerprint density at radius 2 is 2.00 bits per heavy atom. The number of aromatic nitrogens is 2. The van der Waals surface area contributed by atoms with Gasteiger partial charge in [0.05, 0.1) is 23.6 Å². The van der Waals surface area contributed by atoms with Crippen molar-refractivity contribution in [3.05, 3.63) is 70.3 Å². The van der Waals surface area contributed by atoms with E-state index in [1.165, 1.54) is 17.8 Å². The van der Waals surface area contributed by atoms with Gasteiger partial charge in [-0.2, -0.15) is 0 Å². The summed E-state index contributed by atoms with van der Waals surface area (Å²) in [4.78, 5) is 17.7. The molecule has 4 nitrogen and oxygen atoms in total. The van der Waals surface area contributed by atoms with Crippen molar-refractivity contribution in [1.82, 2.24) is 9.55 Å². The molecule has 0 radical (unpaired) electrons. The van der Waals surface area contributed by atoms with E-state index in [1.807, 2.05) is 24.3 Å². The fraction of sp³-hybridized carbons (Fsp3) is 0.300. The molecule has 134 valence electrons. The van der Waals surface area contributed by atoms with Gasteiger partial charge < -0.3 is 4.74 Å². The van der Waals surface area contributed by atoms with Gasteiger partial charge in [0.2, 0.25) is 0 Å². The number of thioether (sulfide) groups is 1. The van der Waals surface area contributed by atoms with Gasteiger partial charge in [0, 0.05) is 12.4 Å². The zero-order valence-corrected chi connectivity index (χ0v) is 15.0. The minimum atomic E-state index is -0.242. The van der Waals surface area contributed by atoms with E-state index in [0.717, 1.165) is 19.4 Å². The third kappa shape index (κ3) is 3.52. The highest BCUT2D eigenvalue weighted by atomic mass is 32.2. The molecule has 1 saturated heterocycles. The Morgan fingerprint density at radius 3 is 2.81 bits per heavy atom. The molecule has 0 spiro atoms. The van der Waals surface area contributed by atoms with Crippen LogP contribution in [0, 0.1) is 5.82 Å². The maximum Gasteiger partial charge on any atom is 0.262 e. The van der Waals surface area contributed by atoms with Gasteiger partial charge in [0.25, 0.3) is 5.56 Å². The van der Waals surface area contributed by atoms with Crippen molar-refractivity contribution >= 4 is 22.7 Å². The van der Waals surface area contributed by atoms with Gasteiger partial charge in [-0.1, -0.05) is 42.1 Å². The number of para-hydroxylation sites is 1. The number of ether oxygens (including phenoxy) is 1. The molecule has 0 N–H and O–H groups in total. The van der Waals surface area contributed by atoms with Crippen LogP contribution in [-0.4, -0.2) is 22.3 Å². The normalized spacial score (nSPS) is 17.0. The third-order valence-electron chi connectivity index (χ3n) is 4.55. The van der Waals surface area contributed by atoms with Crippen molar-refractivity contribution in [2.75, 3.05) is 6.61 Å². The van der Waals surface area contributed by atoms with E-state index in [9.17, 15) is 9.18 Å². The molecule has 1 aliphatic rings. The van der Waals surface area contributed by atoms with Crippen LogP contribution < -0.4 is 5.56 Å². The van der Waals surface area contributed by atoms with E-state index in [2.05, 4.69) is 4.98 Å². The van der Waals surface area contributed by atoms with E-state index in [1.54, 1.807) is 22.8 Å². The first-order chi connectivity index (χ1) is 12.7. The molecule has 1 aliphatic heterocycles. The average molecular weight is 370 g/mol. The number of nitrogens with zero attached hydrogens (tertiary/aromatic N) is 2. The first-order valence-corrected chi connectivity index (χ1v) is 9.68. The van der Waals surface area contributed by atoms with E-state index >= 15 is 0 Å². The Kier molecular flexibility index (Phi) is 5.04. The first-order valence-electron chi connectivity index (χ1n) is 8.70. The highest BCUT2D eigenvalue weighted by molar-refractivity contribution is 7.98. The Labute approximate surface area is 155 Å². The Bertz CT molecular complexity index is 983. The number of fused-ring (bicyclic) bond motifs is 1. The molecular weight excluding hydrogens is 351 g/mol. The molecule has 1 atom stereocenters. The van der Waals surface area contributed by atoms with Crippen molar-refractivity contribution < 1.29 is 9.13 Å². The molecule has 2 heterocycles. The van der Waals surface area contributed by atoms with E-state index in [-0.39, 0.29) is 17.5 Å². The molecule has 1 aromatic heterocycles. The molecule has 0 aliphatic carbocycles. The SMILES string of the molecule is O=c1c2ccccc2nc(SCc2ccccc2F)n1C[C@@H]1CCCO1. The van der Waals surface area contributed by atoms with Crippen LogP contribution in [-0.2, 0) is 17.0 Å². The standard InChI is InChI=1S/C20H19FN2O2S/c21-17-9-3-1-6-14(17)13-26-20-22-18-10-4-2-8-16(18)19(24)23(20)12-15-7-5-11-25-15/h1-4,6,8-10,15H,5,7,11-13H2/t15-/m0/s1. The number of rotatable bonds is 5. The summed E-state index contributed by atoms with van der Waals surface area (Å²) in [5.74, 6) is 0.178. The molecule has 3 aromatic rings. The van der Waals surface area contributed by atoms with Crippen LogP contribution >= 0.6 is 11.8 Å². The van der Waals surface area contributed by atoms with Gasteiger partial charge >= 0.3 is 0 Å². The van der Waals surface area contributed by atoms with Crippen LogP contribution in [0.4, 0.5) is 4.39 Å². The van der Waals surface area contributed by atoms with Gasteiger partial charge in [-0.3, -0.25) is 9.36 Å². The minimum Gasteiger partial charge on any atom is -0.376 e. The largest absolute Gasteiger partial charge is 0.376 e. The van der Waals surface area contributed by atoms with Gasteiger partial charge in [-0.05, 0) is 36.6 Å². The zero-order chi connectivity index (χ0) is 17.9. The predicted molar refractivity (Wildman–Crippen MR) is 101 cm³/mol. The van der Waals surface area contributed by atoms with Gasteiger partial charge in [0.1, 0.15) is 5.82 Å². The fourth-order valence-electron chi connectivity index (χ4n) is 3.17. The molecule has 2 aromatic carbocycles. The highest BCUT2D eigenvalue weighted by Gasteiger charge is 2.20. The van der Waals surface area contributed by atoms with Crippen LogP contribution in [0.25, 0.3) is 10.9 Å². The lowest BCUT2D eigenvalue weighted by molar-refractivity contribution is 0.0937. The zero-order valence-electron chi connectivity index (χ0n) is 14.2. The van der Waals surface area contributed by atoms with E-state index in [0.29, 0.717) is 33.9 Å². The molecule has 0 bridgehead atoms. The van der Waals surface area contributed by atoms with Gasteiger partial charge in [-0.25, -0.2) is 9.37 Å². The summed E-state index contributed by atoms with van der Waals surface area (Å²) in [6, 6.07) is 14.0. The summed E-state index contributed by atoms with van der Waals surface area (Å²) >= 11 is 1.38. The van der Waals surface area contributed by atoms with Crippen molar-refractivity contribution in [3.8, 4) is 0 Å². The highest BCUT2D eigenvalue weighted by Crippen LogP contribution is 2.25. The quantitative estimate of drug-likeness (QED) is 0.503. The Morgan fingerprint density at radius 1 is 1.19 bits per heavy atom. The van der Waals surface area contributed by atoms with Crippen molar-refractivity contribution in [1.29, 1.82) is 0 Å². The summed E-state index contributed by atoms with van der Waals surface area (Å²) in [5.41, 5.74) is 1.20. The minimum absolute atomic E-state index is 0.0310. The predicted octanol–water partition coefficient (Wildman–Crippen LogP) is 4.01. The van der Waals surface area contributed by atoms with Crippen LogP contribution in [0.3, 0.4) is 0 Å². The van der Waals surface area contributed by atoms with Gasteiger partial charge in [-0.15, -0.1) is 0 Å². The second kappa shape index (κ2) is 7.60.